The van der Waals surface area contributed by atoms with Crippen LogP contribution < -0.4 is 19.5 Å². The van der Waals surface area contributed by atoms with E-state index in [1.807, 2.05) is 0 Å². The Labute approximate surface area is 221 Å². The average Bonchev–Trinajstić information content (AvgIpc) is 2.84. The first-order valence-electron chi connectivity index (χ1n) is 12.3. The van der Waals surface area contributed by atoms with Crippen molar-refractivity contribution >= 4 is 27.3 Å². The number of methoxy groups -OCH3 is 1. The van der Waals surface area contributed by atoms with Gasteiger partial charge < -0.3 is 24.3 Å². The molecule has 210 valence electrons. The highest BCUT2D eigenvalue weighted by atomic mass is 32.2. The lowest BCUT2D eigenvalue weighted by molar-refractivity contribution is -0.158. The fourth-order valence-corrected chi connectivity index (χ4v) is 5.55. The van der Waals surface area contributed by atoms with E-state index >= 15 is 0 Å². The molecule has 0 saturated carbocycles. The fourth-order valence-electron chi connectivity index (χ4n) is 4.37. The molecule has 1 aliphatic rings. The number of carbonyl (C=O) groups is 1. The van der Waals surface area contributed by atoms with Crippen molar-refractivity contribution < 1.29 is 40.9 Å². The SMILES string of the molecule is CCOc1cc(NC(=O)C(C)C(OC)C2CCOCC2)ccc1S(=O)(=O)Nc1cccc(OC(C)(F)F)c1. The molecule has 1 aliphatic heterocycles. The number of rotatable bonds is 12. The Morgan fingerprint density at radius 2 is 1.87 bits per heavy atom. The van der Waals surface area contributed by atoms with Gasteiger partial charge in [-0.15, -0.1) is 0 Å². The third-order valence-corrected chi connectivity index (χ3v) is 7.51. The third-order valence-electron chi connectivity index (χ3n) is 6.09. The molecule has 0 bridgehead atoms. The molecule has 1 amide bonds. The van der Waals surface area contributed by atoms with Crippen molar-refractivity contribution in [2.24, 2.45) is 11.8 Å². The highest BCUT2D eigenvalue weighted by molar-refractivity contribution is 7.92. The fraction of sp³-hybridized carbons (Fsp3) is 0.500. The number of anilines is 2. The summed E-state index contributed by atoms with van der Waals surface area (Å²) in [5.41, 5.74) is 0.380. The topological polar surface area (TPSA) is 112 Å². The molecule has 0 aromatic heterocycles. The minimum Gasteiger partial charge on any atom is -0.492 e. The number of ether oxygens (including phenoxy) is 4. The van der Waals surface area contributed by atoms with Gasteiger partial charge in [0.1, 0.15) is 16.4 Å². The molecule has 1 heterocycles. The zero-order chi connectivity index (χ0) is 27.9. The van der Waals surface area contributed by atoms with Gasteiger partial charge >= 0.3 is 6.11 Å². The van der Waals surface area contributed by atoms with E-state index in [1.165, 1.54) is 36.4 Å². The number of hydrogen-bond donors (Lipinski definition) is 2. The van der Waals surface area contributed by atoms with Crippen LogP contribution in [-0.2, 0) is 24.3 Å². The van der Waals surface area contributed by atoms with Crippen molar-refractivity contribution in [3.63, 3.8) is 0 Å². The number of amides is 1. The minimum atomic E-state index is -4.18. The second kappa shape index (κ2) is 12.7. The molecule has 3 rings (SSSR count). The van der Waals surface area contributed by atoms with Crippen LogP contribution in [0.3, 0.4) is 0 Å². The molecule has 2 N–H and O–H groups in total. The van der Waals surface area contributed by atoms with E-state index < -0.39 is 22.0 Å². The lowest BCUT2D eigenvalue weighted by Gasteiger charge is -2.32. The van der Waals surface area contributed by atoms with Crippen LogP contribution in [0.25, 0.3) is 0 Å². The maximum absolute atomic E-state index is 13.2. The highest BCUT2D eigenvalue weighted by Crippen LogP contribution is 2.32. The molecule has 38 heavy (non-hydrogen) atoms. The van der Waals surface area contributed by atoms with Crippen LogP contribution in [0.1, 0.15) is 33.6 Å². The summed E-state index contributed by atoms with van der Waals surface area (Å²) in [6.07, 6.45) is -2.10. The molecule has 0 radical (unpaired) electrons. The molecule has 9 nitrogen and oxygen atoms in total. The molecule has 2 aromatic carbocycles. The van der Waals surface area contributed by atoms with Crippen molar-refractivity contribution in [1.82, 2.24) is 0 Å². The smallest absolute Gasteiger partial charge is 0.394 e. The zero-order valence-electron chi connectivity index (χ0n) is 21.8. The average molecular weight is 557 g/mol. The van der Waals surface area contributed by atoms with Crippen LogP contribution in [-0.4, -0.2) is 53.5 Å². The van der Waals surface area contributed by atoms with E-state index in [-0.39, 0.29) is 46.6 Å². The Kier molecular flexibility index (Phi) is 9.91. The summed E-state index contributed by atoms with van der Waals surface area (Å²) < 4.78 is 76.2. The van der Waals surface area contributed by atoms with Crippen molar-refractivity contribution in [3.8, 4) is 11.5 Å². The normalized spacial score (nSPS) is 16.4. The predicted octanol–water partition coefficient (Wildman–Crippen LogP) is 4.89. The van der Waals surface area contributed by atoms with Gasteiger partial charge in [-0.25, -0.2) is 8.42 Å². The van der Waals surface area contributed by atoms with Crippen molar-refractivity contribution in [2.75, 3.05) is 37.0 Å². The monoisotopic (exact) mass is 556 g/mol. The van der Waals surface area contributed by atoms with Crippen LogP contribution in [0.4, 0.5) is 20.2 Å². The van der Waals surface area contributed by atoms with Gasteiger partial charge in [0.25, 0.3) is 10.0 Å². The second-order valence-corrected chi connectivity index (χ2v) is 10.7. The molecule has 2 atom stereocenters. The van der Waals surface area contributed by atoms with Crippen molar-refractivity contribution in [2.45, 2.75) is 50.7 Å². The maximum atomic E-state index is 13.2. The van der Waals surface area contributed by atoms with E-state index in [2.05, 4.69) is 14.8 Å². The number of alkyl halides is 2. The lowest BCUT2D eigenvalue weighted by atomic mass is 9.86. The first kappa shape index (κ1) is 29.6. The molecule has 2 aromatic rings. The molecular formula is C26H34F2N2O7S. The van der Waals surface area contributed by atoms with Crippen LogP contribution in [0.2, 0.25) is 0 Å². The van der Waals surface area contributed by atoms with Crippen molar-refractivity contribution in [1.29, 1.82) is 0 Å². The van der Waals surface area contributed by atoms with E-state index in [4.69, 9.17) is 14.2 Å². The molecule has 12 heteroatoms. The van der Waals surface area contributed by atoms with Gasteiger partial charge in [0, 0.05) is 45.1 Å². The van der Waals surface area contributed by atoms with Crippen LogP contribution >= 0.6 is 0 Å². The maximum Gasteiger partial charge on any atom is 0.394 e. The Balaban J connectivity index is 1.78. The Bertz CT molecular complexity index is 1200. The summed E-state index contributed by atoms with van der Waals surface area (Å²) >= 11 is 0. The van der Waals surface area contributed by atoms with Gasteiger partial charge in [0.15, 0.2) is 0 Å². The number of nitrogens with one attached hydrogen (secondary N) is 2. The van der Waals surface area contributed by atoms with Crippen LogP contribution in [0.15, 0.2) is 47.4 Å². The number of hydrogen-bond acceptors (Lipinski definition) is 7. The molecule has 1 fully saturated rings. The number of sulfonamides is 1. The van der Waals surface area contributed by atoms with Crippen LogP contribution in [0, 0.1) is 11.8 Å². The molecular weight excluding hydrogens is 522 g/mol. The summed E-state index contributed by atoms with van der Waals surface area (Å²) in [4.78, 5) is 12.8. The van der Waals surface area contributed by atoms with Gasteiger partial charge in [0.2, 0.25) is 5.91 Å². The Morgan fingerprint density at radius 3 is 2.50 bits per heavy atom. The summed E-state index contributed by atoms with van der Waals surface area (Å²) in [5, 5.41) is 2.82. The van der Waals surface area contributed by atoms with Crippen LogP contribution in [0.5, 0.6) is 11.5 Å². The van der Waals surface area contributed by atoms with Gasteiger partial charge in [-0.2, -0.15) is 8.78 Å². The molecule has 0 aliphatic carbocycles. The summed E-state index contributed by atoms with van der Waals surface area (Å²) in [5.74, 6) is -0.729. The van der Waals surface area contributed by atoms with Crippen molar-refractivity contribution in [3.05, 3.63) is 42.5 Å². The summed E-state index contributed by atoms with van der Waals surface area (Å²) in [7, 11) is -2.60. The van der Waals surface area contributed by atoms with E-state index in [0.717, 1.165) is 18.9 Å². The third kappa shape index (κ3) is 8.02. The van der Waals surface area contributed by atoms with Gasteiger partial charge in [-0.05, 0) is 49.9 Å². The van der Waals surface area contributed by atoms with Gasteiger partial charge in [0.05, 0.1) is 24.3 Å². The molecule has 0 spiro atoms. The molecule has 2 unspecified atom stereocenters. The number of carbonyl (C=O) groups excluding carboxylic acids is 1. The first-order valence-corrected chi connectivity index (χ1v) is 13.8. The lowest BCUT2D eigenvalue weighted by Crippen LogP contribution is -2.39. The quantitative estimate of drug-likeness (QED) is 0.383. The first-order chi connectivity index (χ1) is 17.9. The summed E-state index contributed by atoms with van der Waals surface area (Å²) in [6.45, 7) is 5.49. The number of halogens is 2. The molecule has 1 saturated heterocycles. The minimum absolute atomic E-state index is 0.0191. The van der Waals surface area contributed by atoms with Gasteiger partial charge in [-0.1, -0.05) is 13.0 Å². The van der Waals surface area contributed by atoms with E-state index in [9.17, 15) is 22.0 Å². The highest BCUT2D eigenvalue weighted by Gasteiger charge is 2.33. The summed E-state index contributed by atoms with van der Waals surface area (Å²) in [6, 6.07) is 9.41. The van der Waals surface area contributed by atoms with E-state index in [1.54, 1.807) is 21.0 Å². The number of benzene rings is 2. The standard InChI is InChI=1S/C26H34F2N2O7S/c1-5-36-22-16-19(29-25(31)17(2)24(34-4)18-11-13-35-14-12-18)9-10-23(22)38(32,33)30-20-7-6-8-21(15-20)37-26(3,27)28/h6-10,15-18,24,30H,5,11-14H2,1-4H3,(H,29,31). The Hall–Kier alpha value is -2.96. The van der Waals surface area contributed by atoms with Gasteiger partial charge in [-0.3, -0.25) is 9.52 Å². The largest absolute Gasteiger partial charge is 0.492 e. The predicted molar refractivity (Wildman–Crippen MR) is 138 cm³/mol. The zero-order valence-corrected chi connectivity index (χ0v) is 22.6. The van der Waals surface area contributed by atoms with E-state index in [0.29, 0.717) is 25.8 Å². The Morgan fingerprint density at radius 1 is 1.16 bits per heavy atom. The second-order valence-electron chi connectivity index (χ2n) is 9.07.